The van der Waals surface area contributed by atoms with Crippen LogP contribution in [0.2, 0.25) is 0 Å². The number of carbonyl (C=O) groups is 2. The highest BCUT2D eigenvalue weighted by atomic mass is 16.5. The molecule has 1 aromatic rings. The molecule has 1 heterocycles. The number of hydrogen-bond acceptors (Lipinski definition) is 7. The molecule has 1 aromatic carbocycles. The summed E-state index contributed by atoms with van der Waals surface area (Å²) in [7, 11) is 0.731. The van der Waals surface area contributed by atoms with E-state index in [1.54, 1.807) is 32.0 Å². The summed E-state index contributed by atoms with van der Waals surface area (Å²) < 4.78 is 9.75. The van der Waals surface area contributed by atoms with Gasteiger partial charge in [-0.25, -0.2) is 9.59 Å². The van der Waals surface area contributed by atoms with Crippen LogP contribution in [0.3, 0.4) is 0 Å². The molecule has 0 bridgehead atoms. The Labute approximate surface area is 146 Å². The number of nitrogens with one attached hydrogen (secondary N) is 1. The first-order valence-electron chi connectivity index (χ1n) is 7.63. The molecule has 0 atom stereocenters. The Hall–Kier alpha value is -2.58. The predicted molar refractivity (Wildman–Crippen MR) is 91.6 cm³/mol. The lowest BCUT2D eigenvalue weighted by atomic mass is 9.69. The highest BCUT2D eigenvalue weighted by molar-refractivity contribution is 6.59. The van der Waals surface area contributed by atoms with Crippen molar-refractivity contribution in [1.82, 2.24) is 5.32 Å². The van der Waals surface area contributed by atoms with Gasteiger partial charge in [-0.05, 0) is 24.9 Å². The first-order chi connectivity index (χ1) is 11.8. The van der Waals surface area contributed by atoms with Gasteiger partial charge in [-0.3, -0.25) is 0 Å². The third-order valence-corrected chi connectivity index (χ3v) is 4.16. The summed E-state index contributed by atoms with van der Waals surface area (Å²) in [6.45, 7) is 3.38. The third-order valence-electron chi connectivity index (χ3n) is 4.16. The van der Waals surface area contributed by atoms with Gasteiger partial charge in [0.05, 0.1) is 31.3 Å². The van der Waals surface area contributed by atoms with E-state index in [-0.39, 0.29) is 16.6 Å². The molecule has 0 unspecified atom stereocenters. The van der Waals surface area contributed by atoms with E-state index in [1.807, 2.05) is 0 Å². The average Bonchev–Trinajstić information content (AvgIpc) is 2.59. The normalized spacial score (nSPS) is 15.0. The summed E-state index contributed by atoms with van der Waals surface area (Å²) in [5.41, 5.74) is 2.06. The molecule has 1 aliphatic rings. The van der Waals surface area contributed by atoms with E-state index >= 15 is 0 Å². The quantitative estimate of drug-likeness (QED) is 0.519. The fourth-order valence-electron chi connectivity index (χ4n) is 3.08. The van der Waals surface area contributed by atoms with Gasteiger partial charge in [0, 0.05) is 11.4 Å². The Bertz CT molecular complexity index is 730. The Morgan fingerprint density at radius 2 is 1.48 bits per heavy atom. The number of esters is 2. The molecule has 0 aromatic heterocycles. The van der Waals surface area contributed by atoms with Crippen molar-refractivity contribution in [3.63, 3.8) is 0 Å². The van der Waals surface area contributed by atoms with Gasteiger partial charge in [-0.1, -0.05) is 24.3 Å². The fraction of sp³-hybridized carbons (Fsp3) is 0.294. The first-order valence-corrected chi connectivity index (χ1v) is 7.63. The maximum absolute atomic E-state index is 12.4. The van der Waals surface area contributed by atoms with Gasteiger partial charge >= 0.3 is 19.1 Å². The van der Waals surface area contributed by atoms with Crippen molar-refractivity contribution in [2.75, 3.05) is 14.2 Å². The minimum absolute atomic E-state index is 0.192. The van der Waals surface area contributed by atoms with Crippen LogP contribution < -0.4 is 10.8 Å². The van der Waals surface area contributed by atoms with Crippen molar-refractivity contribution in [3.05, 3.63) is 52.4 Å². The molecule has 0 spiro atoms. The lowest BCUT2D eigenvalue weighted by Gasteiger charge is -2.31. The van der Waals surface area contributed by atoms with E-state index in [4.69, 9.17) is 9.47 Å². The molecule has 0 radical (unpaired) electrons. The molecule has 1 aliphatic heterocycles. The van der Waals surface area contributed by atoms with Crippen LogP contribution >= 0.6 is 0 Å². The molecular weight excluding hydrogens is 325 g/mol. The van der Waals surface area contributed by atoms with Gasteiger partial charge in [-0.2, -0.15) is 0 Å². The molecule has 2 rings (SSSR count). The number of allylic oxidation sites excluding steroid dienone is 2. The lowest BCUT2D eigenvalue weighted by molar-refractivity contribution is -0.137. The number of methoxy groups -OCH3 is 2. The van der Waals surface area contributed by atoms with Gasteiger partial charge in [0.2, 0.25) is 0 Å². The zero-order valence-electron chi connectivity index (χ0n) is 14.5. The third kappa shape index (κ3) is 3.45. The Morgan fingerprint density at radius 3 is 1.92 bits per heavy atom. The van der Waals surface area contributed by atoms with E-state index in [1.165, 1.54) is 20.3 Å². The van der Waals surface area contributed by atoms with Gasteiger partial charge in [-0.15, -0.1) is 0 Å². The Morgan fingerprint density at radius 1 is 1.00 bits per heavy atom. The number of rotatable bonds is 4. The van der Waals surface area contributed by atoms with Crippen molar-refractivity contribution in [3.8, 4) is 0 Å². The highest BCUT2D eigenvalue weighted by Crippen LogP contribution is 2.38. The summed E-state index contributed by atoms with van der Waals surface area (Å²) in [4.78, 5) is 24.8. The summed E-state index contributed by atoms with van der Waals surface area (Å²) in [6, 6.07) is 6.49. The molecule has 132 valence electrons. The van der Waals surface area contributed by atoms with Gasteiger partial charge in [0.25, 0.3) is 0 Å². The SMILES string of the molecule is COC(=O)C1=C(C)NC(C)=C(C(=O)OC)C1c1ccccc1B(O)O. The molecule has 7 nitrogen and oxygen atoms in total. The summed E-state index contributed by atoms with van der Waals surface area (Å²) >= 11 is 0. The van der Waals surface area contributed by atoms with E-state index in [0.29, 0.717) is 17.0 Å². The molecule has 8 heteroatoms. The second kappa shape index (κ2) is 7.54. The monoisotopic (exact) mass is 345 g/mol. The maximum Gasteiger partial charge on any atom is 0.488 e. The second-order valence-corrected chi connectivity index (χ2v) is 5.62. The number of hydrogen-bond donors (Lipinski definition) is 3. The smallest absolute Gasteiger partial charge is 0.466 e. The predicted octanol–water partition coefficient (Wildman–Crippen LogP) is -0.0528. The lowest BCUT2D eigenvalue weighted by Crippen LogP contribution is -2.38. The number of dihydropyridines is 1. The number of benzene rings is 1. The van der Waals surface area contributed by atoms with E-state index in [0.717, 1.165) is 0 Å². The largest absolute Gasteiger partial charge is 0.488 e. The molecule has 0 saturated carbocycles. The van der Waals surface area contributed by atoms with Crippen molar-refractivity contribution >= 4 is 24.5 Å². The van der Waals surface area contributed by atoms with Crippen LogP contribution in [0, 0.1) is 0 Å². The molecule has 3 N–H and O–H groups in total. The highest BCUT2D eigenvalue weighted by Gasteiger charge is 2.39. The standard InChI is InChI=1S/C17H20BNO6/c1-9-13(16(20)24-3)15(14(10(2)19-9)17(21)25-4)11-7-5-6-8-12(11)18(22)23/h5-8,15,19,22-23H,1-4H3. The Kier molecular flexibility index (Phi) is 5.66. The van der Waals surface area contributed by atoms with Gasteiger partial charge < -0.3 is 24.8 Å². The Balaban J connectivity index is 2.78. The van der Waals surface area contributed by atoms with Crippen molar-refractivity contribution in [2.45, 2.75) is 19.8 Å². The second-order valence-electron chi connectivity index (χ2n) is 5.62. The van der Waals surface area contributed by atoms with E-state index in [9.17, 15) is 19.6 Å². The van der Waals surface area contributed by atoms with Crippen molar-refractivity contribution in [1.29, 1.82) is 0 Å². The summed E-state index contributed by atoms with van der Waals surface area (Å²) in [5, 5.41) is 22.4. The average molecular weight is 345 g/mol. The first kappa shape index (κ1) is 18.8. The zero-order chi connectivity index (χ0) is 18.7. The van der Waals surface area contributed by atoms with E-state index in [2.05, 4.69) is 5.32 Å². The summed E-state index contributed by atoms with van der Waals surface area (Å²) in [6.07, 6.45) is 0. The summed E-state index contributed by atoms with van der Waals surface area (Å²) in [5.74, 6) is -2.09. The molecular formula is C17H20BNO6. The number of carbonyl (C=O) groups excluding carboxylic acids is 2. The molecule has 25 heavy (non-hydrogen) atoms. The number of ether oxygens (including phenoxy) is 2. The topological polar surface area (TPSA) is 105 Å². The molecule has 0 saturated heterocycles. The van der Waals surface area contributed by atoms with Gasteiger partial charge in [0.15, 0.2) is 0 Å². The minimum Gasteiger partial charge on any atom is -0.466 e. The molecule has 0 aliphatic carbocycles. The van der Waals surface area contributed by atoms with Crippen LogP contribution in [0.5, 0.6) is 0 Å². The van der Waals surface area contributed by atoms with Crippen LogP contribution in [-0.2, 0) is 19.1 Å². The minimum atomic E-state index is -1.76. The van der Waals surface area contributed by atoms with Crippen molar-refractivity contribution in [2.24, 2.45) is 0 Å². The van der Waals surface area contributed by atoms with Crippen LogP contribution in [0.25, 0.3) is 0 Å². The maximum atomic E-state index is 12.4. The van der Waals surface area contributed by atoms with Crippen LogP contribution in [0.4, 0.5) is 0 Å². The van der Waals surface area contributed by atoms with Crippen LogP contribution in [-0.4, -0.2) is 43.3 Å². The fourth-order valence-corrected chi connectivity index (χ4v) is 3.08. The molecule has 0 amide bonds. The molecule has 0 fully saturated rings. The van der Waals surface area contributed by atoms with Gasteiger partial charge in [0.1, 0.15) is 0 Å². The van der Waals surface area contributed by atoms with Crippen LogP contribution in [0.15, 0.2) is 46.8 Å². The van der Waals surface area contributed by atoms with Crippen LogP contribution in [0.1, 0.15) is 25.3 Å². The van der Waals surface area contributed by atoms with Crippen molar-refractivity contribution < 1.29 is 29.1 Å². The zero-order valence-corrected chi connectivity index (χ0v) is 14.5. The van der Waals surface area contributed by atoms with E-state index < -0.39 is 25.0 Å².